The van der Waals surface area contributed by atoms with Crippen molar-refractivity contribution in [2.75, 3.05) is 9.80 Å². The van der Waals surface area contributed by atoms with Gasteiger partial charge < -0.3 is 18.6 Å². The number of anilines is 6. The summed E-state index contributed by atoms with van der Waals surface area (Å²) in [6.45, 7) is 9.08. The maximum Gasteiger partial charge on any atom is 0.159 e. The van der Waals surface area contributed by atoms with Crippen molar-refractivity contribution in [3.05, 3.63) is 337 Å². The molecule has 0 bridgehead atoms. The molecule has 2 heterocycles. The van der Waals surface area contributed by atoms with Crippen LogP contribution in [0.3, 0.4) is 0 Å². The van der Waals surface area contributed by atoms with Crippen molar-refractivity contribution < 1.29 is 8.83 Å². The molecule has 0 radical (unpaired) electrons. The first-order chi connectivity index (χ1) is 44.9. The van der Waals surface area contributed by atoms with E-state index in [0.29, 0.717) is 11.8 Å². The third kappa shape index (κ3) is 8.29. The van der Waals surface area contributed by atoms with Crippen molar-refractivity contribution in [2.24, 2.45) is 0 Å². The van der Waals surface area contributed by atoms with Crippen LogP contribution in [0.5, 0.6) is 0 Å². The lowest BCUT2D eigenvalue weighted by atomic mass is 9.67. The second-order valence-electron chi connectivity index (χ2n) is 24.9. The van der Waals surface area contributed by atoms with Crippen LogP contribution < -0.4 is 9.80 Å². The molecule has 4 heteroatoms. The first-order valence-electron chi connectivity index (χ1n) is 31.9. The molecule has 0 N–H and O–H groups in total. The van der Waals surface area contributed by atoms with E-state index in [-0.39, 0.29) is 0 Å². The van der Waals surface area contributed by atoms with E-state index in [2.05, 4.69) is 341 Å². The number of furan rings is 2. The normalized spacial score (nSPS) is 12.7. The van der Waals surface area contributed by atoms with Gasteiger partial charge in [0.2, 0.25) is 0 Å². The van der Waals surface area contributed by atoms with Crippen LogP contribution in [0.4, 0.5) is 34.1 Å². The molecule has 0 aliphatic heterocycles. The van der Waals surface area contributed by atoms with Gasteiger partial charge in [-0.05, 0) is 127 Å². The number of hydrogen-bond acceptors (Lipinski definition) is 4. The molecule has 1 aliphatic carbocycles. The highest BCUT2D eigenvalue weighted by Crippen LogP contribution is 2.63. The van der Waals surface area contributed by atoms with Crippen LogP contribution in [0.25, 0.3) is 98.8 Å². The third-order valence-corrected chi connectivity index (χ3v) is 19.3. The minimum Gasteiger partial charge on any atom is -0.453 e. The first kappa shape index (κ1) is 54.0. The Bertz CT molecular complexity index is 5140. The zero-order valence-electron chi connectivity index (χ0n) is 51.2. The van der Waals surface area contributed by atoms with Gasteiger partial charge in [0, 0.05) is 54.8 Å². The second-order valence-corrected chi connectivity index (χ2v) is 24.9. The maximum absolute atomic E-state index is 7.45. The van der Waals surface area contributed by atoms with Gasteiger partial charge in [-0.3, -0.25) is 0 Å². The van der Waals surface area contributed by atoms with Crippen LogP contribution in [0.1, 0.15) is 72.9 Å². The van der Waals surface area contributed by atoms with E-state index < -0.39 is 5.41 Å². The minimum atomic E-state index is -0.858. The van der Waals surface area contributed by atoms with E-state index in [0.717, 1.165) is 111 Å². The van der Waals surface area contributed by atoms with Gasteiger partial charge in [-0.25, -0.2) is 0 Å². The molecule has 14 aromatic carbocycles. The highest BCUT2D eigenvalue weighted by molar-refractivity contribution is 6.21. The Balaban J connectivity index is 0.968. The molecule has 0 saturated heterocycles. The number of hydrogen-bond donors (Lipinski definition) is 0. The lowest BCUT2D eigenvalue weighted by molar-refractivity contribution is 0.669. The third-order valence-electron chi connectivity index (χ3n) is 19.3. The van der Waals surface area contributed by atoms with Gasteiger partial charge in [-0.1, -0.05) is 282 Å². The van der Waals surface area contributed by atoms with Crippen molar-refractivity contribution in [3.8, 4) is 33.4 Å². The van der Waals surface area contributed by atoms with Crippen LogP contribution in [0.2, 0.25) is 0 Å². The molecule has 0 fully saturated rings. The Hall–Kier alpha value is -11.2. The molecule has 1 aliphatic rings. The van der Waals surface area contributed by atoms with E-state index in [1.165, 1.54) is 55.6 Å². The van der Waals surface area contributed by atoms with E-state index >= 15 is 0 Å². The fourth-order valence-electron chi connectivity index (χ4n) is 15.4. The Morgan fingerprint density at radius 1 is 0.264 bits per heavy atom. The van der Waals surface area contributed by atoms with Gasteiger partial charge in [0.15, 0.2) is 11.2 Å². The average Bonchev–Trinajstić information content (AvgIpc) is 1.60. The van der Waals surface area contributed by atoms with Crippen LogP contribution in [-0.4, -0.2) is 0 Å². The summed E-state index contributed by atoms with van der Waals surface area (Å²) in [6, 6.07) is 112. The van der Waals surface area contributed by atoms with E-state index in [1.807, 2.05) is 0 Å². The van der Waals surface area contributed by atoms with Crippen molar-refractivity contribution in [2.45, 2.75) is 44.9 Å². The average molecular weight is 1170 g/mol. The smallest absolute Gasteiger partial charge is 0.159 e. The molecule has 0 unspecified atom stereocenters. The molecular formula is C87H64N2O2. The summed E-state index contributed by atoms with van der Waals surface area (Å²) in [6.07, 6.45) is 0. The molecule has 0 amide bonds. The van der Waals surface area contributed by atoms with Crippen molar-refractivity contribution in [1.82, 2.24) is 0 Å². The number of benzene rings is 14. The molecule has 17 rings (SSSR count). The minimum absolute atomic E-state index is 0.329. The quantitative estimate of drug-likeness (QED) is 0.122. The van der Waals surface area contributed by atoms with Gasteiger partial charge in [-0.15, -0.1) is 0 Å². The van der Waals surface area contributed by atoms with Crippen LogP contribution >= 0.6 is 0 Å². The number of fused-ring (bicyclic) bond motifs is 13. The van der Waals surface area contributed by atoms with Gasteiger partial charge in [-0.2, -0.15) is 0 Å². The summed E-state index contributed by atoms with van der Waals surface area (Å²) in [7, 11) is 0. The first-order valence-corrected chi connectivity index (χ1v) is 31.9. The molecular weight excluding hydrogens is 1100 g/mol. The number of rotatable bonds is 12. The summed E-state index contributed by atoms with van der Waals surface area (Å²) in [5.41, 5.74) is 22.9. The molecule has 0 atom stereocenters. The van der Waals surface area contributed by atoms with Crippen LogP contribution in [0.15, 0.2) is 312 Å². The van der Waals surface area contributed by atoms with Gasteiger partial charge >= 0.3 is 0 Å². The van der Waals surface area contributed by atoms with Gasteiger partial charge in [0.25, 0.3) is 0 Å². The lowest BCUT2D eigenvalue weighted by Gasteiger charge is -2.36. The Morgan fingerprint density at radius 3 is 0.967 bits per heavy atom. The van der Waals surface area contributed by atoms with Crippen LogP contribution in [-0.2, 0) is 5.41 Å². The Kier molecular flexibility index (Phi) is 12.8. The summed E-state index contributed by atoms with van der Waals surface area (Å²) >= 11 is 0. The van der Waals surface area contributed by atoms with Crippen molar-refractivity contribution in [1.29, 1.82) is 0 Å². The summed E-state index contributed by atoms with van der Waals surface area (Å²) < 4.78 is 14.9. The maximum atomic E-state index is 7.45. The van der Waals surface area contributed by atoms with E-state index in [9.17, 15) is 0 Å². The molecule has 4 nitrogen and oxygen atoms in total. The van der Waals surface area contributed by atoms with Gasteiger partial charge in [0.1, 0.15) is 11.2 Å². The fourth-order valence-corrected chi connectivity index (χ4v) is 15.4. The molecule has 0 spiro atoms. The zero-order chi connectivity index (χ0) is 60.9. The monoisotopic (exact) mass is 1170 g/mol. The van der Waals surface area contributed by atoms with Crippen LogP contribution in [0, 0.1) is 0 Å². The van der Waals surface area contributed by atoms with Crippen molar-refractivity contribution >= 4 is 99.5 Å². The largest absolute Gasteiger partial charge is 0.453 e. The van der Waals surface area contributed by atoms with Crippen molar-refractivity contribution in [3.63, 3.8) is 0 Å². The Labute approximate surface area is 530 Å². The molecule has 91 heavy (non-hydrogen) atoms. The van der Waals surface area contributed by atoms with Gasteiger partial charge in [0.05, 0.1) is 28.2 Å². The molecule has 16 aromatic rings. The predicted molar refractivity (Wildman–Crippen MR) is 382 cm³/mol. The fraction of sp³-hybridized carbons (Fsp3) is 0.0805. The lowest BCUT2D eigenvalue weighted by Crippen LogP contribution is -2.29. The second kappa shape index (κ2) is 21.5. The predicted octanol–water partition coefficient (Wildman–Crippen LogP) is 24.7. The highest BCUT2D eigenvalue weighted by Gasteiger charge is 2.49. The SMILES string of the molecule is CC(C)c1ccccc1-c1cccc2c1oc1c(N(c3ccccc3)c3cc4c(c5ccccc35)-c3c(cc(N(c5ccccc5)c5cccc6c5oc5c(-c7ccccc7C(C)C)cccc56)c5ccccc35)C4(c3ccccc3)c3ccccc3)cccc12. The highest BCUT2D eigenvalue weighted by atomic mass is 16.3. The molecule has 434 valence electrons. The number of para-hydroxylation sites is 6. The summed E-state index contributed by atoms with van der Waals surface area (Å²) in [5, 5.41) is 8.87. The van der Waals surface area contributed by atoms with E-state index in [4.69, 9.17) is 8.83 Å². The molecule has 0 saturated carbocycles. The standard InChI is InChI=1S/C87H64N2O2/c1-55(2)61-37-17-19-39-63(61)69-45-25-47-71-73-49-27-51-77(85(73)90-83(69)71)88(59-33-13-7-14-34-59)79-53-75-81(67-43-23-21-41-65(67)79)82-68-44-24-22-42-66(68)80(54-76(82)87(75,57-29-9-5-10-30-57)58-31-11-6-12-32-58)89(60-35-15-8-16-36-60)78-52-28-50-74-72-48-26-46-70(84(72)91-86(74)78)64-40-20-18-38-62(64)56(3)4/h5-56H,1-4H3. The number of nitrogens with zero attached hydrogens (tertiary/aromatic N) is 2. The Morgan fingerprint density at radius 2 is 0.571 bits per heavy atom. The zero-order valence-corrected chi connectivity index (χ0v) is 51.2. The van der Waals surface area contributed by atoms with E-state index in [1.54, 1.807) is 0 Å². The molecule has 2 aromatic heterocycles. The summed E-state index contributed by atoms with van der Waals surface area (Å²) in [5.74, 6) is 0.659. The summed E-state index contributed by atoms with van der Waals surface area (Å²) in [4.78, 5) is 4.92. The topological polar surface area (TPSA) is 32.8 Å².